The van der Waals surface area contributed by atoms with Crippen molar-refractivity contribution in [2.45, 2.75) is 26.1 Å². The fourth-order valence-corrected chi connectivity index (χ4v) is 3.27. The first-order valence-corrected chi connectivity index (χ1v) is 9.21. The van der Waals surface area contributed by atoms with E-state index in [1.807, 2.05) is 32.0 Å². The maximum atomic E-state index is 12.9. The van der Waals surface area contributed by atoms with Crippen molar-refractivity contribution in [2.75, 3.05) is 23.4 Å². The first-order chi connectivity index (χ1) is 13.8. The third-order valence-corrected chi connectivity index (χ3v) is 4.78. The van der Waals surface area contributed by atoms with E-state index in [0.29, 0.717) is 17.8 Å². The Morgan fingerprint density at radius 1 is 1.28 bits per heavy atom. The molecule has 1 aliphatic rings. The van der Waals surface area contributed by atoms with Gasteiger partial charge in [0.15, 0.2) is 12.2 Å². The third-order valence-electron chi connectivity index (χ3n) is 4.78. The number of nitrogens with zero attached hydrogens (tertiary/aromatic N) is 1. The maximum absolute atomic E-state index is 12.9. The number of aliphatic hydroxyl groups excluding tert-OH is 1. The number of nitrogens with two attached hydrogens (primary N) is 1. The van der Waals surface area contributed by atoms with Crippen LogP contribution in [-0.2, 0) is 14.3 Å². The molecule has 0 spiro atoms. The van der Waals surface area contributed by atoms with Gasteiger partial charge >= 0.3 is 0 Å². The molecule has 5 N–H and O–H groups in total. The van der Waals surface area contributed by atoms with Crippen molar-refractivity contribution >= 4 is 29.0 Å². The van der Waals surface area contributed by atoms with Crippen LogP contribution in [-0.4, -0.2) is 48.1 Å². The van der Waals surface area contributed by atoms with Gasteiger partial charge in [0.25, 0.3) is 11.8 Å². The molecule has 0 bridgehead atoms. The molecular formula is C21H24N4O4. The normalized spacial score (nSPS) is 17.7. The lowest BCUT2D eigenvalue weighted by atomic mass is 10.1. The van der Waals surface area contributed by atoms with Crippen LogP contribution in [0, 0.1) is 19.3 Å². The number of carbonyl (C=O) groups excluding carboxylic acids is 2. The summed E-state index contributed by atoms with van der Waals surface area (Å²) in [5.74, 6) is -1.30. The lowest BCUT2D eigenvalue weighted by Crippen LogP contribution is -2.55. The topological polar surface area (TPSA) is 129 Å². The highest BCUT2D eigenvalue weighted by Gasteiger charge is 2.39. The number of morpholine rings is 1. The number of anilines is 2. The molecule has 2 aromatic rings. The molecule has 3 rings (SSSR count). The minimum atomic E-state index is -1.66. The lowest BCUT2D eigenvalue weighted by Gasteiger charge is -2.34. The smallest absolute Gasteiger partial charge is 0.259 e. The summed E-state index contributed by atoms with van der Waals surface area (Å²) in [5, 5.41) is 20.4. The van der Waals surface area contributed by atoms with E-state index in [4.69, 9.17) is 15.9 Å². The molecule has 2 aromatic carbocycles. The van der Waals surface area contributed by atoms with Gasteiger partial charge in [0.05, 0.1) is 6.61 Å². The van der Waals surface area contributed by atoms with Crippen molar-refractivity contribution in [3.63, 3.8) is 0 Å². The van der Waals surface area contributed by atoms with Crippen molar-refractivity contribution < 1.29 is 19.4 Å². The molecule has 1 aliphatic heterocycles. The Bertz CT molecular complexity index is 942. The number of rotatable bonds is 5. The Balaban J connectivity index is 1.72. The number of nitrogen functional groups attached to an aromatic ring is 1. The fraction of sp³-hybridized carbons (Fsp3) is 0.286. The number of nitrogens with one attached hydrogen (secondary N) is 2. The molecule has 2 atom stereocenters. The van der Waals surface area contributed by atoms with Crippen LogP contribution < -0.4 is 16.0 Å². The van der Waals surface area contributed by atoms with Gasteiger partial charge in [0, 0.05) is 23.5 Å². The average Bonchev–Trinajstić information content (AvgIpc) is 2.68. The second-order valence-electron chi connectivity index (χ2n) is 7.00. The molecule has 0 aliphatic carbocycles. The van der Waals surface area contributed by atoms with Crippen molar-refractivity contribution in [3.8, 4) is 0 Å². The van der Waals surface area contributed by atoms with E-state index in [-0.39, 0.29) is 12.4 Å². The fourth-order valence-electron chi connectivity index (χ4n) is 3.27. The van der Waals surface area contributed by atoms with Crippen LogP contribution in [0.15, 0.2) is 42.5 Å². The summed E-state index contributed by atoms with van der Waals surface area (Å²) in [7, 11) is 0. The molecule has 8 heteroatoms. The highest BCUT2D eigenvalue weighted by Crippen LogP contribution is 2.25. The summed E-state index contributed by atoms with van der Waals surface area (Å²) in [6.07, 6.45) is -2.95. The molecule has 152 valence electrons. The van der Waals surface area contributed by atoms with Gasteiger partial charge in [-0.2, -0.15) is 0 Å². The minimum absolute atomic E-state index is 0.0874. The van der Waals surface area contributed by atoms with Crippen LogP contribution >= 0.6 is 0 Å². The zero-order valence-electron chi connectivity index (χ0n) is 16.3. The summed E-state index contributed by atoms with van der Waals surface area (Å²) < 4.78 is 5.43. The van der Waals surface area contributed by atoms with E-state index in [1.165, 1.54) is 0 Å². The van der Waals surface area contributed by atoms with Crippen molar-refractivity contribution in [1.29, 1.82) is 5.41 Å². The van der Waals surface area contributed by atoms with Crippen molar-refractivity contribution in [3.05, 3.63) is 59.2 Å². The van der Waals surface area contributed by atoms with Crippen LogP contribution in [0.25, 0.3) is 0 Å². The van der Waals surface area contributed by atoms with Crippen molar-refractivity contribution in [1.82, 2.24) is 0 Å². The monoisotopic (exact) mass is 396 g/mol. The second-order valence-corrected chi connectivity index (χ2v) is 7.00. The standard InChI is InChI=1S/C21H24N4O4/c1-12-3-8-16(13(2)11-12)25-9-10-29-18(21(25)28)17(26)20(27)24-15-6-4-14(5-7-15)19(22)23/h3-8,11,17-18,26H,9-10H2,1-2H3,(H3,22,23)(H,24,27)/t17-,18-/m1/s1. The van der Waals surface area contributed by atoms with Gasteiger partial charge in [0.1, 0.15) is 5.84 Å². The molecule has 1 fully saturated rings. The molecular weight excluding hydrogens is 372 g/mol. The van der Waals surface area contributed by atoms with E-state index < -0.39 is 24.0 Å². The highest BCUT2D eigenvalue weighted by molar-refractivity contribution is 6.04. The lowest BCUT2D eigenvalue weighted by molar-refractivity contribution is -0.150. The summed E-state index contributed by atoms with van der Waals surface area (Å²) in [4.78, 5) is 26.9. The number of aryl methyl sites for hydroxylation is 2. The molecule has 0 radical (unpaired) electrons. The number of carbonyl (C=O) groups is 2. The minimum Gasteiger partial charge on any atom is -0.384 e. The first-order valence-electron chi connectivity index (χ1n) is 9.21. The van der Waals surface area contributed by atoms with Crippen LogP contribution in [0.5, 0.6) is 0 Å². The Morgan fingerprint density at radius 2 is 1.97 bits per heavy atom. The molecule has 29 heavy (non-hydrogen) atoms. The summed E-state index contributed by atoms with van der Waals surface area (Å²) in [6, 6.07) is 12.0. The quantitative estimate of drug-likeness (QED) is 0.447. The maximum Gasteiger partial charge on any atom is 0.259 e. The van der Waals surface area contributed by atoms with Crippen LogP contribution in [0.1, 0.15) is 16.7 Å². The van der Waals surface area contributed by atoms with E-state index in [0.717, 1.165) is 16.8 Å². The summed E-state index contributed by atoms with van der Waals surface area (Å²) >= 11 is 0. The Morgan fingerprint density at radius 3 is 2.59 bits per heavy atom. The van der Waals surface area contributed by atoms with Gasteiger partial charge in [-0.15, -0.1) is 0 Å². The predicted molar refractivity (Wildman–Crippen MR) is 110 cm³/mol. The van der Waals surface area contributed by atoms with Gasteiger partial charge in [-0.1, -0.05) is 17.7 Å². The Labute approximate surface area is 168 Å². The van der Waals surface area contributed by atoms with Gasteiger partial charge in [-0.3, -0.25) is 15.0 Å². The molecule has 0 aromatic heterocycles. The summed E-state index contributed by atoms with van der Waals surface area (Å²) in [5.41, 5.74) is 9.08. The number of hydrogen-bond donors (Lipinski definition) is 4. The van der Waals surface area contributed by atoms with Crippen LogP contribution in [0.2, 0.25) is 0 Å². The van der Waals surface area contributed by atoms with Crippen molar-refractivity contribution in [2.24, 2.45) is 5.73 Å². The van der Waals surface area contributed by atoms with E-state index in [1.54, 1.807) is 29.2 Å². The van der Waals surface area contributed by atoms with Gasteiger partial charge in [-0.05, 0) is 49.7 Å². The Hall–Kier alpha value is -3.23. The number of ether oxygens (including phenoxy) is 1. The van der Waals surface area contributed by atoms with Gasteiger partial charge in [-0.25, -0.2) is 0 Å². The Kier molecular flexibility index (Phi) is 5.95. The van der Waals surface area contributed by atoms with E-state index >= 15 is 0 Å². The highest BCUT2D eigenvalue weighted by atomic mass is 16.5. The number of amides is 2. The molecule has 8 nitrogen and oxygen atoms in total. The van der Waals surface area contributed by atoms with E-state index in [9.17, 15) is 14.7 Å². The summed E-state index contributed by atoms with van der Waals surface area (Å²) in [6.45, 7) is 4.44. The van der Waals surface area contributed by atoms with Gasteiger partial charge in [0.2, 0.25) is 0 Å². The number of aliphatic hydroxyl groups is 1. The molecule has 1 heterocycles. The average molecular weight is 396 g/mol. The van der Waals surface area contributed by atoms with E-state index in [2.05, 4.69) is 5.32 Å². The zero-order valence-corrected chi connectivity index (χ0v) is 16.3. The first kappa shape index (κ1) is 20.5. The molecule has 1 saturated heterocycles. The number of amidine groups is 1. The molecule has 0 unspecified atom stereocenters. The molecule has 2 amide bonds. The largest absolute Gasteiger partial charge is 0.384 e. The predicted octanol–water partition coefficient (Wildman–Crippen LogP) is 1.32. The third kappa shape index (κ3) is 4.44. The molecule has 0 saturated carbocycles. The number of hydrogen-bond acceptors (Lipinski definition) is 5. The van der Waals surface area contributed by atoms with Crippen LogP contribution in [0.4, 0.5) is 11.4 Å². The SMILES string of the molecule is Cc1ccc(N2CCO[C@H]([C@@H](O)C(=O)Nc3ccc(C(=N)N)cc3)C2=O)c(C)c1. The van der Waals surface area contributed by atoms with Crippen LogP contribution in [0.3, 0.4) is 0 Å². The zero-order chi connectivity index (χ0) is 21.1. The second kappa shape index (κ2) is 8.42. The van der Waals surface area contributed by atoms with Gasteiger partial charge < -0.3 is 25.8 Å². The number of benzene rings is 2.